The van der Waals surface area contributed by atoms with Crippen molar-refractivity contribution in [1.82, 2.24) is 10.2 Å². The monoisotopic (exact) mass is 555 g/mol. The van der Waals surface area contributed by atoms with Gasteiger partial charge < -0.3 is 30.1 Å². The Morgan fingerprint density at radius 3 is 2.48 bits per heavy atom. The van der Waals surface area contributed by atoms with E-state index in [0.717, 1.165) is 37.9 Å². The molecule has 220 valence electrons. The van der Waals surface area contributed by atoms with Crippen molar-refractivity contribution in [2.45, 2.75) is 108 Å². The zero-order valence-corrected chi connectivity index (χ0v) is 24.0. The van der Waals surface area contributed by atoms with Crippen molar-refractivity contribution in [3.05, 3.63) is 24.3 Å². The van der Waals surface area contributed by atoms with Crippen LogP contribution in [0.4, 0.5) is 5.69 Å². The van der Waals surface area contributed by atoms with Gasteiger partial charge in [-0.15, -0.1) is 0 Å². The Labute approximate surface area is 237 Å². The lowest BCUT2D eigenvalue weighted by Gasteiger charge is -2.35. The highest BCUT2D eigenvalue weighted by atomic mass is 16.5. The Bertz CT molecular complexity index is 1070. The number of fused-ring (bicyclic) bond motifs is 1. The summed E-state index contributed by atoms with van der Waals surface area (Å²) in [5, 5.41) is 15.6. The average Bonchev–Trinajstić information content (AvgIpc) is 3.56. The Hall–Kier alpha value is -2.65. The molecule has 9 nitrogen and oxygen atoms in total. The molecule has 0 radical (unpaired) electrons. The number of aliphatic hydroxyl groups excluding tert-OH is 1. The van der Waals surface area contributed by atoms with E-state index in [4.69, 9.17) is 9.47 Å². The smallest absolute Gasteiger partial charge is 0.246 e. The van der Waals surface area contributed by atoms with Gasteiger partial charge in [0, 0.05) is 24.9 Å². The second kappa shape index (κ2) is 12.1. The normalized spacial score (nSPS) is 31.3. The van der Waals surface area contributed by atoms with Crippen molar-refractivity contribution in [3.8, 4) is 5.75 Å². The van der Waals surface area contributed by atoms with Crippen molar-refractivity contribution in [2.75, 3.05) is 25.1 Å². The minimum Gasteiger partial charge on any atom is -0.494 e. The first kappa shape index (κ1) is 28.9. The molecule has 3 N–H and O–H groups in total. The summed E-state index contributed by atoms with van der Waals surface area (Å²) >= 11 is 0. The third-order valence-electron chi connectivity index (χ3n) is 9.65. The maximum Gasteiger partial charge on any atom is 0.246 e. The first-order chi connectivity index (χ1) is 19.4. The van der Waals surface area contributed by atoms with E-state index in [1.54, 1.807) is 17.0 Å². The molecule has 4 aliphatic rings. The fourth-order valence-electron chi connectivity index (χ4n) is 7.78. The van der Waals surface area contributed by atoms with Crippen LogP contribution in [0.2, 0.25) is 0 Å². The minimum absolute atomic E-state index is 0.0992. The lowest BCUT2D eigenvalue weighted by atomic mass is 9.65. The van der Waals surface area contributed by atoms with Crippen LogP contribution in [-0.4, -0.2) is 70.8 Å². The first-order valence-corrected chi connectivity index (χ1v) is 15.3. The van der Waals surface area contributed by atoms with Crippen molar-refractivity contribution in [3.63, 3.8) is 0 Å². The van der Waals surface area contributed by atoms with Crippen LogP contribution in [-0.2, 0) is 19.1 Å². The van der Waals surface area contributed by atoms with Crippen LogP contribution >= 0.6 is 0 Å². The second-order valence-corrected chi connectivity index (χ2v) is 11.9. The Kier molecular flexibility index (Phi) is 8.71. The molecular weight excluding hydrogens is 510 g/mol. The van der Waals surface area contributed by atoms with Crippen LogP contribution < -0.4 is 15.4 Å². The van der Waals surface area contributed by atoms with E-state index in [9.17, 15) is 19.5 Å². The van der Waals surface area contributed by atoms with Crippen LogP contribution in [0, 0.1) is 11.8 Å². The number of benzene rings is 1. The molecule has 4 fully saturated rings. The fourth-order valence-corrected chi connectivity index (χ4v) is 7.78. The molecule has 3 heterocycles. The van der Waals surface area contributed by atoms with E-state index in [2.05, 4.69) is 10.6 Å². The molecule has 3 saturated heterocycles. The van der Waals surface area contributed by atoms with Crippen LogP contribution in [0.15, 0.2) is 24.3 Å². The molecule has 40 heavy (non-hydrogen) atoms. The molecule has 3 aliphatic heterocycles. The molecule has 1 spiro atoms. The Morgan fingerprint density at radius 1 is 1.05 bits per heavy atom. The van der Waals surface area contributed by atoms with E-state index >= 15 is 0 Å². The number of anilines is 1. The molecule has 1 saturated carbocycles. The number of nitrogens with one attached hydrogen (secondary N) is 2. The number of carbonyl (C=O) groups excluding carboxylic acids is 3. The van der Waals surface area contributed by atoms with Crippen molar-refractivity contribution >= 4 is 23.4 Å². The zero-order valence-electron chi connectivity index (χ0n) is 24.0. The number of ether oxygens (including phenoxy) is 2. The molecule has 9 heteroatoms. The molecule has 5 atom stereocenters. The van der Waals surface area contributed by atoms with Gasteiger partial charge in [0.25, 0.3) is 0 Å². The number of carbonyl (C=O) groups is 3. The van der Waals surface area contributed by atoms with Gasteiger partial charge in [-0.3, -0.25) is 14.4 Å². The van der Waals surface area contributed by atoms with Gasteiger partial charge in [-0.1, -0.05) is 26.2 Å². The van der Waals surface area contributed by atoms with Gasteiger partial charge in [-0.2, -0.15) is 0 Å². The molecule has 1 aromatic carbocycles. The summed E-state index contributed by atoms with van der Waals surface area (Å²) in [6.07, 6.45) is 9.18. The largest absolute Gasteiger partial charge is 0.494 e. The number of hydrogen-bond acceptors (Lipinski definition) is 6. The summed E-state index contributed by atoms with van der Waals surface area (Å²) in [5.74, 6) is -1.21. The minimum atomic E-state index is -1.01. The van der Waals surface area contributed by atoms with Crippen LogP contribution in [0.25, 0.3) is 0 Å². The standard InChI is InChI=1S/C31H45N3O6/c1-3-30-17-18-31(40-30)25(24(30)27(36)32-22-13-15-23(16-14-22)39-4-2)29(38)34(19-9-6-10-20-35)26(31)28(37)33-21-11-7-5-8-12-21/h13-16,21,24-26,35H,3-12,17-20H2,1-2H3,(H,32,36)(H,33,37)/t24-,25+,26?,30+,31?/m1/s1. The molecular formula is C31H45N3O6. The molecule has 1 aliphatic carbocycles. The van der Waals surface area contributed by atoms with Crippen LogP contribution in [0.1, 0.15) is 84.5 Å². The van der Waals surface area contributed by atoms with E-state index < -0.39 is 29.1 Å². The van der Waals surface area contributed by atoms with Gasteiger partial charge in [-0.25, -0.2) is 0 Å². The highest BCUT2D eigenvalue weighted by molar-refractivity contribution is 6.02. The molecule has 0 aromatic heterocycles. The second-order valence-electron chi connectivity index (χ2n) is 11.9. The fraction of sp³-hybridized carbons (Fsp3) is 0.710. The lowest BCUT2D eigenvalue weighted by Crippen LogP contribution is -2.57. The summed E-state index contributed by atoms with van der Waals surface area (Å²) in [6.45, 7) is 4.99. The van der Waals surface area contributed by atoms with Gasteiger partial charge in [0.15, 0.2) is 0 Å². The van der Waals surface area contributed by atoms with E-state index in [-0.39, 0.29) is 30.4 Å². The van der Waals surface area contributed by atoms with Gasteiger partial charge in [0.05, 0.1) is 24.0 Å². The maximum atomic E-state index is 14.2. The number of nitrogens with zero attached hydrogens (tertiary/aromatic N) is 1. The molecule has 1 aromatic rings. The van der Waals surface area contributed by atoms with Crippen molar-refractivity contribution in [1.29, 1.82) is 0 Å². The van der Waals surface area contributed by atoms with Crippen molar-refractivity contribution in [2.24, 2.45) is 11.8 Å². The van der Waals surface area contributed by atoms with E-state index in [1.165, 1.54) is 6.42 Å². The number of unbranched alkanes of at least 4 members (excludes halogenated alkanes) is 2. The third-order valence-corrected chi connectivity index (χ3v) is 9.65. The highest BCUT2D eigenvalue weighted by Crippen LogP contribution is 2.64. The van der Waals surface area contributed by atoms with Gasteiger partial charge >= 0.3 is 0 Å². The average molecular weight is 556 g/mol. The SMILES string of the molecule is CCOc1ccc(NC(=O)[C@H]2[C@H]3C(=O)N(CCCCCO)C(C(=O)NC4CCCCC4)C34CC[C@]2(CC)O4)cc1. The maximum absolute atomic E-state index is 14.2. The topological polar surface area (TPSA) is 117 Å². The summed E-state index contributed by atoms with van der Waals surface area (Å²) in [4.78, 5) is 43.8. The van der Waals surface area contributed by atoms with Crippen LogP contribution in [0.5, 0.6) is 5.75 Å². The molecule has 2 unspecified atom stereocenters. The van der Waals surface area contributed by atoms with E-state index in [0.29, 0.717) is 50.9 Å². The van der Waals surface area contributed by atoms with E-state index in [1.807, 2.05) is 26.0 Å². The summed E-state index contributed by atoms with van der Waals surface area (Å²) < 4.78 is 12.4. The predicted molar refractivity (Wildman–Crippen MR) is 151 cm³/mol. The summed E-state index contributed by atoms with van der Waals surface area (Å²) in [6, 6.07) is 6.59. The quantitative estimate of drug-likeness (QED) is 0.338. The lowest BCUT2D eigenvalue weighted by molar-refractivity contribution is -0.147. The third kappa shape index (κ3) is 5.11. The molecule has 5 rings (SSSR count). The highest BCUT2D eigenvalue weighted by Gasteiger charge is 2.78. The predicted octanol–water partition coefficient (Wildman–Crippen LogP) is 3.79. The summed E-state index contributed by atoms with van der Waals surface area (Å²) in [7, 11) is 0. The van der Waals surface area contributed by atoms with Gasteiger partial charge in [-0.05, 0) is 82.6 Å². The van der Waals surface area contributed by atoms with Crippen molar-refractivity contribution < 1.29 is 29.0 Å². The number of likely N-dealkylation sites (tertiary alicyclic amines) is 1. The molecule has 3 amide bonds. The number of rotatable bonds is 12. The summed E-state index contributed by atoms with van der Waals surface area (Å²) in [5.41, 5.74) is -1.15. The zero-order chi connectivity index (χ0) is 28.3. The van der Waals surface area contributed by atoms with Gasteiger partial charge in [0.1, 0.15) is 17.4 Å². The Morgan fingerprint density at radius 2 is 1.80 bits per heavy atom. The number of aliphatic hydroxyl groups is 1. The van der Waals surface area contributed by atoms with Crippen LogP contribution in [0.3, 0.4) is 0 Å². The first-order valence-electron chi connectivity index (χ1n) is 15.3. The number of hydrogen-bond donors (Lipinski definition) is 3. The van der Waals surface area contributed by atoms with Gasteiger partial charge in [0.2, 0.25) is 17.7 Å². The number of amides is 3. The molecule has 2 bridgehead atoms. The Balaban J connectivity index is 1.43.